The molecule has 3 rings (SSSR count). The highest BCUT2D eigenvalue weighted by atomic mass is 16.3. The average Bonchev–Trinajstić information content (AvgIpc) is 2.93. The van der Waals surface area contributed by atoms with Crippen molar-refractivity contribution in [3.63, 3.8) is 0 Å². The number of rotatable bonds is 5. The third-order valence-corrected chi connectivity index (χ3v) is 4.37. The van der Waals surface area contributed by atoms with Crippen LogP contribution in [0, 0.1) is 0 Å². The van der Waals surface area contributed by atoms with Crippen LogP contribution in [0.2, 0.25) is 0 Å². The largest absolute Gasteiger partial charge is 0.395 e. The molecule has 21 heavy (non-hydrogen) atoms. The van der Waals surface area contributed by atoms with E-state index in [1.807, 2.05) is 12.1 Å². The van der Waals surface area contributed by atoms with Gasteiger partial charge in [-0.1, -0.05) is 19.1 Å². The molecule has 2 aromatic rings. The highest BCUT2D eigenvalue weighted by Gasteiger charge is 2.25. The van der Waals surface area contributed by atoms with Gasteiger partial charge in [0.25, 0.3) is 0 Å². The maximum Gasteiger partial charge on any atom is 0.124 e. The number of nitrogens with one attached hydrogen (secondary N) is 1. The van der Waals surface area contributed by atoms with Gasteiger partial charge in [-0.15, -0.1) is 0 Å². The first-order valence-electron chi connectivity index (χ1n) is 7.83. The molecule has 5 heteroatoms. The molecule has 0 amide bonds. The molecular formula is C16H24N4O. The van der Waals surface area contributed by atoms with Crippen LogP contribution in [-0.2, 0) is 0 Å². The number of fused-ring (bicyclic) bond motifs is 1. The number of nitrogens with zero attached hydrogens (tertiary/aromatic N) is 3. The van der Waals surface area contributed by atoms with Gasteiger partial charge in [0.15, 0.2) is 0 Å². The van der Waals surface area contributed by atoms with Gasteiger partial charge in [-0.25, -0.2) is 4.98 Å². The van der Waals surface area contributed by atoms with E-state index in [4.69, 9.17) is 10.1 Å². The quantitative estimate of drug-likeness (QED) is 0.878. The Kier molecular flexibility index (Phi) is 4.53. The zero-order valence-electron chi connectivity index (χ0n) is 12.6. The van der Waals surface area contributed by atoms with E-state index in [1.54, 1.807) is 0 Å². The number of imidazole rings is 1. The van der Waals surface area contributed by atoms with Crippen molar-refractivity contribution < 1.29 is 5.11 Å². The van der Waals surface area contributed by atoms with Gasteiger partial charge in [0.05, 0.1) is 23.7 Å². The van der Waals surface area contributed by atoms with Crippen molar-refractivity contribution in [2.75, 3.05) is 39.3 Å². The van der Waals surface area contributed by atoms with Crippen molar-refractivity contribution in [1.29, 1.82) is 0 Å². The number of aromatic nitrogens is 2. The first-order valence-corrected chi connectivity index (χ1v) is 7.83. The van der Waals surface area contributed by atoms with Crippen LogP contribution >= 0.6 is 0 Å². The summed E-state index contributed by atoms with van der Waals surface area (Å²) in [7, 11) is 0. The number of piperazine rings is 1. The van der Waals surface area contributed by atoms with E-state index in [-0.39, 0.29) is 6.61 Å². The molecule has 1 unspecified atom stereocenters. The van der Waals surface area contributed by atoms with Crippen LogP contribution in [0.15, 0.2) is 24.3 Å². The van der Waals surface area contributed by atoms with E-state index in [9.17, 15) is 0 Å². The third kappa shape index (κ3) is 3.10. The Labute approximate surface area is 125 Å². The van der Waals surface area contributed by atoms with Gasteiger partial charge >= 0.3 is 0 Å². The summed E-state index contributed by atoms with van der Waals surface area (Å²) in [5.41, 5.74) is 2.16. The van der Waals surface area contributed by atoms with Crippen LogP contribution in [-0.4, -0.2) is 64.2 Å². The lowest BCUT2D eigenvalue weighted by molar-refractivity contribution is 0.0793. The number of aromatic amines is 1. The second-order valence-corrected chi connectivity index (χ2v) is 5.66. The molecule has 0 aliphatic carbocycles. The summed E-state index contributed by atoms with van der Waals surface area (Å²) in [5.74, 6) is 1.08. The molecule has 2 N–H and O–H groups in total. The predicted octanol–water partition coefficient (Wildman–Crippen LogP) is 1.62. The Morgan fingerprint density at radius 1 is 1.24 bits per heavy atom. The van der Waals surface area contributed by atoms with Gasteiger partial charge in [0.2, 0.25) is 0 Å². The molecule has 1 atom stereocenters. The highest BCUT2D eigenvalue weighted by molar-refractivity contribution is 5.74. The fourth-order valence-corrected chi connectivity index (χ4v) is 3.19. The van der Waals surface area contributed by atoms with Crippen LogP contribution in [0.25, 0.3) is 11.0 Å². The van der Waals surface area contributed by atoms with Crippen molar-refractivity contribution in [3.8, 4) is 0 Å². The van der Waals surface area contributed by atoms with Crippen LogP contribution in [0.4, 0.5) is 0 Å². The molecule has 0 radical (unpaired) electrons. The minimum atomic E-state index is 0.251. The van der Waals surface area contributed by atoms with E-state index in [2.05, 4.69) is 33.8 Å². The van der Waals surface area contributed by atoms with Crippen molar-refractivity contribution in [3.05, 3.63) is 30.1 Å². The first-order chi connectivity index (χ1) is 10.3. The summed E-state index contributed by atoms with van der Waals surface area (Å²) in [6.07, 6.45) is 1.06. The van der Waals surface area contributed by atoms with Crippen molar-refractivity contribution in [2.24, 2.45) is 0 Å². The maximum atomic E-state index is 9.03. The molecule has 0 saturated carbocycles. The molecule has 1 fully saturated rings. The molecular weight excluding hydrogens is 264 g/mol. The number of hydrogen-bond acceptors (Lipinski definition) is 4. The molecule has 5 nitrogen and oxygen atoms in total. The lowest BCUT2D eigenvalue weighted by Crippen LogP contribution is -2.48. The molecule has 1 aliphatic rings. The first kappa shape index (κ1) is 14.5. The van der Waals surface area contributed by atoms with Gasteiger partial charge in [-0.05, 0) is 18.6 Å². The lowest BCUT2D eigenvalue weighted by Gasteiger charge is -2.38. The Bertz CT molecular complexity index is 541. The summed E-state index contributed by atoms with van der Waals surface area (Å²) in [6.45, 7) is 7.38. The van der Waals surface area contributed by atoms with E-state index in [0.29, 0.717) is 6.04 Å². The number of aliphatic hydroxyl groups is 1. The summed E-state index contributed by atoms with van der Waals surface area (Å²) in [5, 5.41) is 9.03. The van der Waals surface area contributed by atoms with Gasteiger partial charge in [0, 0.05) is 32.7 Å². The number of para-hydroxylation sites is 2. The minimum Gasteiger partial charge on any atom is -0.395 e. The smallest absolute Gasteiger partial charge is 0.124 e. The van der Waals surface area contributed by atoms with E-state index in [1.165, 1.54) is 0 Å². The van der Waals surface area contributed by atoms with Crippen molar-refractivity contribution in [2.45, 2.75) is 19.4 Å². The van der Waals surface area contributed by atoms with Gasteiger partial charge in [0.1, 0.15) is 5.82 Å². The number of hydrogen-bond donors (Lipinski definition) is 2. The fourth-order valence-electron chi connectivity index (χ4n) is 3.19. The number of aliphatic hydroxyl groups excluding tert-OH is 1. The second-order valence-electron chi connectivity index (χ2n) is 5.66. The Morgan fingerprint density at radius 2 is 2.00 bits per heavy atom. The molecule has 1 aromatic heterocycles. The van der Waals surface area contributed by atoms with E-state index < -0.39 is 0 Å². The van der Waals surface area contributed by atoms with E-state index >= 15 is 0 Å². The van der Waals surface area contributed by atoms with Crippen LogP contribution in [0.1, 0.15) is 25.2 Å². The number of H-pyrrole nitrogens is 1. The van der Waals surface area contributed by atoms with Gasteiger partial charge < -0.3 is 10.1 Å². The Hall–Kier alpha value is -1.43. The molecule has 0 spiro atoms. The molecule has 0 bridgehead atoms. The monoisotopic (exact) mass is 288 g/mol. The standard InChI is InChI=1S/C16H24N4O/c1-2-15(20-9-7-19(8-10-20)11-12-21)16-17-13-5-3-4-6-14(13)18-16/h3-6,15,21H,2,7-12H2,1H3,(H,17,18). The predicted molar refractivity (Wildman–Crippen MR) is 84.2 cm³/mol. The van der Waals surface area contributed by atoms with E-state index in [0.717, 1.165) is 56.0 Å². The Balaban J connectivity index is 1.73. The fraction of sp³-hybridized carbons (Fsp3) is 0.562. The lowest BCUT2D eigenvalue weighted by atomic mass is 10.1. The summed E-state index contributed by atoms with van der Waals surface area (Å²) in [4.78, 5) is 13.1. The molecule has 1 saturated heterocycles. The van der Waals surface area contributed by atoms with Gasteiger partial charge in [-0.3, -0.25) is 9.80 Å². The molecule has 1 aromatic carbocycles. The van der Waals surface area contributed by atoms with Crippen LogP contribution in [0.5, 0.6) is 0 Å². The number of benzene rings is 1. The minimum absolute atomic E-state index is 0.251. The topological polar surface area (TPSA) is 55.4 Å². The summed E-state index contributed by atoms with van der Waals surface area (Å²) < 4.78 is 0. The number of β-amino-alcohol motifs (C(OH)–C–C–N with tert-alkyl or cyclic N) is 1. The second kappa shape index (κ2) is 6.56. The third-order valence-electron chi connectivity index (χ3n) is 4.37. The van der Waals surface area contributed by atoms with Crippen LogP contribution in [0.3, 0.4) is 0 Å². The average molecular weight is 288 g/mol. The normalized spacial score (nSPS) is 19.1. The zero-order valence-corrected chi connectivity index (χ0v) is 12.6. The zero-order chi connectivity index (χ0) is 14.7. The molecule has 114 valence electrons. The maximum absolute atomic E-state index is 9.03. The van der Waals surface area contributed by atoms with Gasteiger partial charge in [-0.2, -0.15) is 0 Å². The summed E-state index contributed by atoms with van der Waals surface area (Å²) >= 11 is 0. The summed E-state index contributed by atoms with van der Waals surface area (Å²) in [6, 6.07) is 8.56. The van der Waals surface area contributed by atoms with Crippen molar-refractivity contribution in [1.82, 2.24) is 19.8 Å². The Morgan fingerprint density at radius 3 is 2.67 bits per heavy atom. The molecule has 2 heterocycles. The van der Waals surface area contributed by atoms with Crippen LogP contribution < -0.4 is 0 Å². The van der Waals surface area contributed by atoms with Crippen molar-refractivity contribution >= 4 is 11.0 Å². The highest BCUT2D eigenvalue weighted by Crippen LogP contribution is 2.25. The SMILES string of the molecule is CCC(c1nc2ccccc2[nH]1)N1CCN(CCO)CC1. The molecule has 1 aliphatic heterocycles.